The van der Waals surface area contributed by atoms with Gasteiger partial charge in [-0.1, -0.05) is 0 Å². The van der Waals surface area contributed by atoms with Crippen molar-refractivity contribution < 1.29 is 4.79 Å². The Hall–Kier alpha value is -2.44. The Morgan fingerprint density at radius 2 is 2.09 bits per heavy atom. The Bertz CT molecular complexity index is 665. The first kappa shape index (κ1) is 15.5. The van der Waals surface area contributed by atoms with Crippen LogP contribution in [0.2, 0.25) is 0 Å². The smallest absolute Gasteiger partial charge is 0.224 e. The molecule has 1 N–H and O–H groups in total. The molecule has 3 heterocycles. The number of aryl methyl sites for hydroxylation is 1. The minimum absolute atomic E-state index is 0.0268. The zero-order valence-electron chi connectivity index (χ0n) is 13.6. The summed E-state index contributed by atoms with van der Waals surface area (Å²) in [6.07, 6.45) is 3.79. The van der Waals surface area contributed by atoms with Gasteiger partial charge in [-0.25, -0.2) is 4.68 Å². The maximum absolute atomic E-state index is 12.0. The number of rotatable bonds is 4. The summed E-state index contributed by atoms with van der Waals surface area (Å²) in [5.74, 6) is 1.67. The number of amides is 1. The van der Waals surface area contributed by atoms with E-state index in [2.05, 4.69) is 25.5 Å². The molecular weight excluding hydrogens is 292 g/mol. The van der Waals surface area contributed by atoms with E-state index >= 15 is 0 Å². The lowest BCUT2D eigenvalue weighted by Gasteiger charge is -2.32. The Morgan fingerprint density at radius 3 is 2.74 bits per heavy atom. The van der Waals surface area contributed by atoms with Crippen LogP contribution >= 0.6 is 0 Å². The highest BCUT2D eigenvalue weighted by molar-refractivity contribution is 5.79. The van der Waals surface area contributed by atoms with Crippen molar-refractivity contribution in [2.45, 2.75) is 26.7 Å². The summed E-state index contributed by atoms with van der Waals surface area (Å²) in [6, 6.07) is 5.78. The molecule has 1 saturated heterocycles. The molecule has 23 heavy (non-hydrogen) atoms. The van der Waals surface area contributed by atoms with Crippen LogP contribution in [0.4, 0.5) is 5.82 Å². The van der Waals surface area contributed by atoms with E-state index in [1.807, 2.05) is 38.2 Å². The lowest BCUT2D eigenvalue weighted by molar-refractivity contribution is -0.125. The molecule has 0 saturated carbocycles. The van der Waals surface area contributed by atoms with Crippen molar-refractivity contribution >= 4 is 11.7 Å². The van der Waals surface area contributed by atoms with Crippen LogP contribution in [0.3, 0.4) is 0 Å². The predicted octanol–water partition coefficient (Wildman–Crippen LogP) is 1.32. The molecule has 3 rings (SSSR count). The van der Waals surface area contributed by atoms with Gasteiger partial charge in [-0.2, -0.15) is 5.10 Å². The van der Waals surface area contributed by atoms with Crippen LogP contribution in [0.15, 0.2) is 24.4 Å². The fourth-order valence-corrected chi connectivity index (χ4v) is 2.87. The molecule has 1 aliphatic rings. The van der Waals surface area contributed by atoms with Crippen molar-refractivity contribution in [3.05, 3.63) is 30.1 Å². The standard InChI is InChI=1S/C16H22N6O/c1-3-17-16(23)13-5-4-9-21(11-13)14-6-7-15(19-18-14)22-10-8-12(2)20-22/h6-8,10,13H,3-5,9,11H2,1-2H3,(H,17,23)/t13-/m0/s1. The molecule has 1 atom stereocenters. The molecule has 0 unspecified atom stereocenters. The molecule has 7 nitrogen and oxygen atoms in total. The zero-order valence-corrected chi connectivity index (χ0v) is 13.6. The maximum atomic E-state index is 12.0. The van der Waals surface area contributed by atoms with Gasteiger partial charge in [-0.15, -0.1) is 10.2 Å². The average molecular weight is 314 g/mol. The number of nitrogens with zero attached hydrogens (tertiary/aromatic N) is 5. The van der Waals surface area contributed by atoms with Gasteiger partial charge >= 0.3 is 0 Å². The lowest BCUT2D eigenvalue weighted by Crippen LogP contribution is -2.43. The van der Waals surface area contributed by atoms with Crippen LogP contribution in [-0.2, 0) is 4.79 Å². The molecule has 2 aromatic rings. The highest BCUT2D eigenvalue weighted by atomic mass is 16.1. The van der Waals surface area contributed by atoms with Gasteiger partial charge in [0, 0.05) is 25.8 Å². The van der Waals surface area contributed by atoms with Gasteiger partial charge in [0.2, 0.25) is 5.91 Å². The second-order valence-corrected chi connectivity index (χ2v) is 5.83. The van der Waals surface area contributed by atoms with Crippen LogP contribution in [0.1, 0.15) is 25.5 Å². The van der Waals surface area contributed by atoms with E-state index in [1.165, 1.54) is 0 Å². The van der Waals surface area contributed by atoms with Gasteiger partial charge in [0.15, 0.2) is 11.6 Å². The summed E-state index contributed by atoms with van der Waals surface area (Å²) in [5.41, 5.74) is 0.941. The average Bonchev–Trinajstić information content (AvgIpc) is 3.02. The number of carbonyl (C=O) groups excluding carboxylic acids is 1. The molecule has 0 radical (unpaired) electrons. The van der Waals surface area contributed by atoms with Gasteiger partial charge in [0.25, 0.3) is 0 Å². The van der Waals surface area contributed by atoms with E-state index in [9.17, 15) is 4.79 Å². The Labute approximate surface area is 135 Å². The minimum Gasteiger partial charge on any atom is -0.356 e. The normalized spacial score (nSPS) is 18.0. The first-order chi connectivity index (χ1) is 11.2. The van der Waals surface area contributed by atoms with Gasteiger partial charge in [0.05, 0.1) is 11.6 Å². The number of hydrogen-bond acceptors (Lipinski definition) is 5. The van der Waals surface area contributed by atoms with Gasteiger partial charge in [-0.3, -0.25) is 4.79 Å². The summed E-state index contributed by atoms with van der Waals surface area (Å²) in [6.45, 7) is 6.16. The molecule has 2 aromatic heterocycles. The van der Waals surface area contributed by atoms with E-state index in [1.54, 1.807) is 4.68 Å². The number of piperidine rings is 1. The molecule has 0 aliphatic carbocycles. The molecule has 0 spiro atoms. The summed E-state index contributed by atoms with van der Waals surface area (Å²) in [5, 5.41) is 15.8. The van der Waals surface area contributed by atoms with E-state index in [4.69, 9.17) is 0 Å². The fraction of sp³-hybridized carbons (Fsp3) is 0.500. The second kappa shape index (κ2) is 6.76. The van der Waals surface area contributed by atoms with Gasteiger partial charge in [0.1, 0.15) is 0 Å². The Morgan fingerprint density at radius 1 is 1.30 bits per heavy atom. The molecule has 0 aromatic carbocycles. The summed E-state index contributed by atoms with van der Waals surface area (Å²) in [7, 11) is 0. The monoisotopic (exact) mass is 314 g/mol. The van der Waals surface area contributed by atoms with Crippen LogP contribution in [0, 0.1) is 12.8 Å². The van der Waals surface area contributed by atoms with Crippen molar-refractivity contribution in [2.75, 3.05) is 24.5 Å². The molecule has 1 amide bonds. The van der Waals surface area contributed by atoms with Crippen molar-refractivity contribution in [3.8, 4) is 5.82 Å². The Balaban J connectivity index is 1.70. The first-order valence-corrected chi connectivity index (χ1v) is 8.06. The van der Waals surface area contributed by atoms with Crippen LogP contribution in [0.5, 0.6) is 0 Å². The minimum atomic E-state index is 0.0268. The number of aromatic nitrogens is 4. The van der Waals surface area contributed by atoms with Crippen molar-refractivity contribution in [2.24, 2.45) is 5.92 Å². The summed E-state index contributed by atoms with van der Waals surface area (Å²) < 4.78 is 1.71. The fourth-order valence-electron chi connectivity index (χ4n) is 2.87. The third kappa shape index (κ3) is 3.49. The third-order valence-electron chi connectivity index (χ3n) is 4.06. The topological polar surface area (TPSA) is 75.9 Å². The zero-order chi connectivity index (χ0) is 16.2. The van der Waals surface area contributed by atoms with Gasteiger partial charge < -0.3 is 10.2 Å². The predicted molar refractivity (Wildman–Crippen MR) is 87.5 cm³/mol. The quantitative estimate of drug-likeness (QED) is 0.921. The van der Waals surface area contributed by atoms with E-state index < -0.39 is 0 Å². The van der Waals surface area contributed by atoms with Crippen LogP contribution in [-0.4, -0.2) is 45.5 Å². The number of hydrogen-bond donors (Lipinski definition) is 1. The highest BCUT2D eigenvalue weighted by Gasteiger charge is 2.26. The van der Waals surface area contributed by atoms with Crippen molar-refractivity contribution in [1.29, 1.82) is 0 Å². The second-order valence-electron chi connectivity index (χ2n) is 5.83. The van der Waals surface area contributed by atoms with Crippen LogP contribution in [0.25, 0.3) is 5.82 Å². The SMILES string of the molecule is CCNC(=O)[C@H]1CCCN(c2ccc(-n3ccc(C)n3)nn2)C1. The number of anilines is 1. The number of carbonyl (C=O) groups is 1. The number of nitrogens with one attached hydrogen (secondary N) is 1. The molecule has 7 heteroatoms. The Kier molecular flexibility index (Phi) is 4.55. The van der Waals surface area contributed by atoms with E-state index in [0.29, 0.717) is 18.9 Å². The molecule has 122 valence electrons. The maximum Gasteiger partial charge on any atom is 0.224 e. The summed E-state index contributed by atoms with van der Waals surface area (Å²) >= 11 is 0. The van der Waals surface area contributed by atoms with E-state index in [-0.39, 0.29) is 11.8 Å². The largest absolute Gasteiger partial charge is 0.356 e. The first-order valence-electron chi connectivity index (χ1n) is 8.06. The molecule has 0 bridgehead atoms. The lowest BCUT2D eigenvalue weighted by atomic mass is 9.97. The van der Waals surface area contributed by atoms with Crippen molar-refractivity contribution in [1.82, 2.24) is 25.3 Å². The molecule has 1 fully saturated rings. The van der Waals surface area contributed by atoms with Gasteiger partial charge in [-0.05, 0) is 44.9 Å². The summed E-state index contributed by atoms with van der Waals surface area (Å²) in [4.78, 5) is 14.2. The van der Waals surface area contributed by atoms with E-state index in [0.717, 1.165) is 30.9 Å². The van der Waals surface area contributed by atoms with Crippen molar-refractivity contribution in [3.63, 3.8) is 0 Å². The molecular formula is C16H22N6O. The third-order valence-corrected chi connectivity index (χ3v) is 4.06. The molecule has 1 aliphatic heterocycles. The van der Waals surface area contributed by atoms with Crippen LogP contribution < -0.4 is 10.2 Å². The highest BCUT2D eigenvalue weighted by Crippen LogP contribution is 2.21.